The van der Waals surface area contributed by atoms with Crippen LogP contribution in [0, 0.1) is 0 Å². The first-order valence-corrected chi connectivity index (χ1v) is 9.93. The fourth-order valence-electron chi connectivity index (χ4n) is 3.00. The Bertz CT molecular complexity index is 933. The van der Waals surface area contributed by atoms with Gasteiger partial charge in [0.2, 0.25) is 0 Å². The average molecular weight is 397 g/mol. The van der Waals surface area contributed by atoms with Crippen molar-refractivity contribution < 1.29 is 19.0 Å². The van der Waals surface area contributed by atoms with Crippen LogP contribution < -0.4 is 9.47 Å². The minimum absolute atomic E-state index is 0.254. The number of hydrogen-bond acceptors (Lipinski definition) is 6. The van der Waals surface area contributed by atoms with Crippen LogP contribution in [0.5, 0.6) is 11.5 Å². The molecule has 29 heavy (non-hydrogen) atoms. The summed E-state index contributed by atoms with van der Waals surface area (Å²) in [5.74, 6) is 1.87. The van der Waals surface area contributed by atoms with Crippen LogP contribution in [0.4, 0.5) is 4.79 Å². The van der Waals surface area contributed by atoms with E-state index in [9.17, 15) is 4.79 Å². The molecule has 0 saturated heterocycles. The highest BCUT2D eigenvalue weighted by molar-refractivity contribution is 5.86. The van der Waals surface area contributed by atoms with E-state index in [1.807, 2.05) is 30.3 Å². The van der Waals surface area contributed by atoms with Gasteiger partial charge in [-0.05, 0) is 56.4 Å². The third-order valence-electron chi connectivity index (χ3n) is 4.63. The van der Waals surface area contributed by atoms with Crippen LogP contribution in [0.25, 0.3) is 22.4 Å². The summed E-state index contributed by atoms with van der Waals surface area (Å²) >= 11 is 0. The number of likely N-dealkylation sites (N-methyl/N-ethyl adjacent to an activating group) is 1. The van der Waals surface area contributed by atoms with E-state index in [0.29, 0.717) is 23.7 Å². The highest BCUT2D eigenvalue weighted by Gasteiger charge is 2.13. The molecular formula is C22H27N3O4. The van der Waals surface area contributed by atoms with Gasteiger partial charge in [0.15, 0.2) is 5.75 Å². The number of benzene rings is 2. The first kappa shape index (κ1) is 20.7. The van der Waals surface area contributed by atoms with Crippen molar-refractivity contribution in [1.82, 2.24) is 14.9 Å². The molecule has 154 valence electrons. The van der Waals surface area contributed by atoms with Gasteiger partial charge >= 0.3 is 6.16 Å². The molecule has 0 unspecified atom stereocenters. The second kappa shape index (κ2) is 9.93. The van der Waals surface area contributed by atoms with E-state index < -0.39 is 6.16 Å². The molecule has 3 aromatic rings. The fraction of sp³-hybridized carbons (Fsp3) is 0.364. The van der Waals surface area contributed by atoms with Gasteiger partial charge in [-0.15, -0.1) is 0 Å². The van der Waals surface area contributed by atoms with E-state index in [1.165, 1.54) is 0 Å². The first-order valence-electron chi connectivity index (χ1n) is 9.93. The predicted octanol–water partition coefficient (Wildman–Crippen LogP) is 4.49. The Morgan fingerprint density at radius 3 is 2.52 bits per heavy atom. The maximum atomic E-state index is 11.6. The van der Waals surface area contributed by atoms with E-state index in [0.717, 1.165) is 36.5 Å². The Balaban J connectivity index is 1.71. The monoisotopic (exact) mass is 397 g/mol. The van der Waals surface area contributed by atoms with Gasteiger partial charge < -0.3 is 24.1 Å². The molecule has 2 aromatic carbocycles. The number of ether oxygens (including phenoxy) is 3. The minimum Gasteiger partial charge on any atom is -0.492 e. The van der Waals surface area contributed by atoms with Crippen molar-refractivity contribution in [3.63, 3.8) is 0 Å². The van der Waals surface area contributed by atoms with E-state index in [-0.39, 0.29) is 6.61 Å². The Hall–Kier alpha value is -3.06. The highest BCUT2D eigenvalue weighted by atomic mass is 16.7. The molecule has 7 nitrogen and oxygen atoms in total. The quantitative estimate of drug-likeness (QED) is 0.424. The molecule has 0 amide bonds. The summed E-state index contributed by atoms with van der Waals surface area (Å²) in [6, 6.07) is 13.1. The number of fused-ring (bicyclic) bond motifs is 1. The molecule has 0 aliphatic heterocycles. The van der Waals surface area contributed by atoms with Crippen molar-refractivity contribution in [2.45, 2.75) is 20.8 Å². The molecule has 0 atom stereocenters. The number of imidazole rings is 1. The Labute approximate surface area is 170 Å². The van der Waals surface area contributed by atoms with Gasteiger partial charge in [0.1, 0.15) is 23.7 Å². The molecule has 1 N–H and O–H groups in total. The zero-order valence-electron chi connectivity index (χ0n) is 17.1. The lowest BCUT2D eigenvalue weighted by Crippen LogP contribution is -2.27. The smallest absolute Gasteiger partial charge is 0.492 e. The number of carbonyl (C=O) groups is 1. The molecule has 0 saturated carbocycles. The number of hydrogen-bond donors (Lipinski definition) is 1. The third-order valence-corrected chi connectivity index (χ3v) is 4.63. The molecule has 0 spiro atoms. The SMILES string of the molecule is CCOC(=O)Oc1cccc2[nH]c(-c3ccc(OCCN(CC)CC)cc3)nc12. The Kier molecular flexibility index (Phi) is 7.08. The molecule has 0 bridgehead atoms. The lowest BCUT2D eigenvalue weighted by molar-refractivity contribution is 0.105. The Morgan fingerprint density at radius 1 is 1.07 bits per heavy atom. The average Bonchev–Trinajstić information content (AvgIpc) is 3.17. The van der Waals surface area contributed by atoms with Crippen molar-refractivity contribution >= 4 is 17.2 Å². The number of aromatic amines is 1. The fourth-order valence-corrected chi connectivity index (χ4v) is 3.00. The number of para-hydroxylation sites is 1. The summed E-state index contributed by atoms with van der Waals surface area (Å²) in [6.07, 6.45) is -0.740. The largest absolute Gasteiger partial charge is 0.513 e. The second-order valence-corrected chi connectivity index (χ2v) is 6.42. The number of aromatic nitrogens is 2. The van der Waals surface area contributed by atoms with E-state index in [2.05, 4.69) is 28.7 Å². The molecule has 3 rings (SSSR count). The summed E-state index contributed by atoms with van der Waals surface area (Å²) in [4.78, 5) is 21.8. The second-order valence-electron chi connectivity index (χ2n) is 6.42. The van der Waals surface area contributed by atoms with Gasteiger partial charge in [-0.2, -0.15) is 0 Å². The summed E-state index contributed by atoms with van der Waals surface area (Å²) in [5, 5.41) is 0. The molecular weight excluding hydrogens is 370 g/mol. The first-order chi connectivity index (χ1) is 14.1. The van der Waals surface area contributed by atoms with E-state index in [4.69, 9.17) is 14.2 Å². The third kappa shape index (κ3) is 5.26. The standard InChI is InChI=1S/C22H27N3O4/c1-4-25(5-2)14-15-28-17-12-10-16(11-13-17)21-23-18-8-7-9-19(20(18)24-21)29-22(26)27-6-3/h7-13H,4-6,14-15H2,1-3H3,(H,23,24). The van der Waals surface area contributed by atoms with Crippen LogP contribution in [0.2, 0.25) is 0 Å². The van der Waals surface area contributed by atoms with Crippen LogP contribution in [-0.4, -0.2) is 53.9 Å². The van der Waals surface area contributed by atoms with Crippen LogP contribution >= 0.6 is 0 Å². The molecule has 1 heterocycles. The summed E-state index contributed by atoms with van der Waals surface area (Å²) in [5.41, 5.74) is 2.27. The number of rotatable bonds is 9. The van der Waals surface area contributed by atoms with Crippen molar-refractivity contribution in [3.05, 3.63) is 42.5 Å². The van der Waals surface area contributed by atoms with Crippen molar-refractivity contribution in [2.24, 2.45) is 0 Å². The Morgan fingerprint density at radius 2 is 1.83 bits per heavy atom. The molecule has 0 radical (unpaired) electrons. The van der Waals surface area contributed by atoms with Crippen molar-refractivity contribution in [1.29, 1.82) is 0 Å². The maximum absolute atomic E-state index is 11.6. The lowest BCUT2D eigenvalue weighted by atomic mass is 10.2. The van der Waals surface area contributed by atoms with Gasteiger partial charge in [0, 0.05) is 12.1 Å². The van der Waals surface area contributed by atoms with E-state index >= 15 is 0 Å². The zero-order chi connectivity index (χ0) is 20.6. The number of carbonyl (C=O) groups excluding carboxylic acids is 1. The van der Waals surface area contributed by atoms with Gasteiger partial charge in [-0.1, -0.05) is 19.9 Å². The van der Waals surface area contributed by atoms with Crippen LogP contribution in [0.1, 0.15) is 20.8 Å². The van der Waals surface area contributed by atoms with Gasteiger partial charge in [0.25, 0.3) is 0 Å². The number of H-pyrrole nitrogens is 1. The summed E-state index contributed by atoms with van der Waals surface area (Å²) in [6.45, 7) is 9.88. The van der Waals surface area contributed by atoms with Crippen molar-refractivity contribution in [2.75, 3.05) is 32.8 Å². The van der Waals surface area contributed by atoms with Gasteiger partial charge in [0.05, 0.1) is 12.1 Å². The zero-order valence-corrected chi connectivity index (χ0v) is 17.1. The predicted molar refractivity (Wildman–Crippen MR) is 112 cm³/mol. The van der Waals surface area contributed by atoms with Crippen LogP contribution in [-0.2, 0) is 4.74 Å². The minimum atomic E-state index is -0.740. The molecule has 0 aliphatic carbocycles. The lowest BCUT2D eigenvalue weighted by Gasteiger charge is -2.18. The summed E-state index contributed by atoms with van der Waals surface area (Å²) in [7, 11) is 0. The topological polar surface area (TPSA) is 76.7 Å². The van der Waals surface area contributed by atoms with Gasteiger partial charge in [-0.25, -0.2) is 9.78 Å². The van der Waals surface area contributed by atoms with Crippen LogP contribution in [0.15, 0.2) is 42.5 Å². The van der Waals surface area contributed by atoms with Crippen molar-refractivity contribution in [3.8, 4) is 22.9 Å². The number of nitrogens with one attached hydrogen (secondary N) is 1. The molecule has 1 aromatic heterocycles. The van der Waals surface area contributed by atoms with E-state index in [1.54, 1.807) is 19.1 Å². The van der Waals surface area contributed by atoms with Crippen LogP contribution in [0.3, 0.4) is 0 Å². The molecule has 7 heteroatoms. The summed E-state index contributed by atoms with van der Waals surface area (Å²) < 4.78 is 15.9. The number of nitrogens with zero attached hydrogens (tertiary/aromatic N) is 2. The maximum Gasteiger partial charge on any atom is 0.513 e. The highest BCUT2D eigenvalue weighted by Crippen LogP contribution is 2.28. The molecule has 0 aliphatic rings. The molecule has 0 fully saturated rings. The van der Waals surface area contributed by atoms with Gasteiger partial charge in [-0.3, -0.25) is 0 Å². The normalized spacial score (nSPS) is 11.0.